The van der Waals surface area contributed by atoms with Crippen LogP contribution in [0.2, 0.25) is 0 Å². The maximum absolute atomic E-state index is 11.9. The van der Waals surface area contributed by atoms with E-state index in [0.29, 0.717) is 12.1 Å². The predicted molar refractivity (Wildman–Crippen MR) is 92.5 cm³/mol. The molecule has 0 aliphatic carbocycles. The minimum atomic E-state index is -0.539. The maximum atomic E-state index is 11.9. The lowest BCUT2D eigenvalue weighted by Gasteiger charge is -2.26. The van der Waals surface area contributed by atoms with Crippen molar-refractivity contribution < 1.29 is 9.59 Å². The van der Waals surface area contributed by atoms with Gasteiger partial charge in [0.15, 0.2) is 0 Å². The molecule has 1 unspecified atom stereocenters. The SMILES string of the molecule is CN(Cc1ccc(C(N)=O)cc1)C(C(N)=O)c1cccc(Br)c1. The smallest absolute Gasteiger partial charge is 0.248 e. The van der Waals surface area contributed by atoms with Gasteiger partial charge in [0.1, 0.15) is 6.04 Å². The summed E-state index contributed by atoms with van der Waals surface area (Å²) in [5, 5.41) is 0. The van der Waals surface area contributed by atoms with Gasteiger partial charge in [-0.3, -0.25) is 14.5 Å². The molecule has 1 atom stereocenters. The topological polar surface area (TPSA) is 89.4 Å². The number of primary amides is 2. The van der Waals surface area contributed by atoms with Crippen LogP contribution in [0, 0.1) is 0 Å². The van der Waals surface area contributed by atoms with Gasteiger partial charge in [0.2, 0.25) is 11.8 Å². The van der Waals surface area contributed by atoms with Gasteiger partial charge < -0.3 is 11.5 Å². The van der Waals surface area contributed by atoms with Crippen LogP contribution < -0.4 is 11.5 Å². The lowest BCUT2D eigenvalue weighted by molar-refractivity contribution is -0.123. The average Bonchev–Trinajstić information content (AvgIpc) is 2.47. The minimum absolute atomic E-state index is 0.417. The molecular weight excluding hydrogens is 358 g/mol. The summed E-state index contributed by atoms with van der Waals surface area (Å²) >= 11 is 3.40. The molecular formula is C17H18BrN3O2. The summed E-state index contributed by atoms with van der Waals surface area (Å²) in [4.78, 5) is 24.8. The molecule has 0 aliphatic rings. The molecule has 0 spiro atoms. The number of hydrogen-bond donors (Lipinski definition) is 2. The van der Waals surface area contributed by atoms with Gasteiger partial charge >= 0.3 is 0 Å². The van der Waals surface area contributed by atoms with E-state index in [4.69, 9.17) is 11.5 Å². The zero-order valence-corrected chi connectivity index (χ0v) is 14.3. The number of hydrogen-bond acceptors (Lipinski definition) is 3. The lowest BCUT2D eigenvalue weighted by atomic mass is 10.0. The number of halogens is 1. The van der Waals surface area contributed by atoms with Gasteiger partial charge in [0.25, 0.3) is 0 Å². The highest BCUT2D eigenvalue weighted by Gasteiger charge is 2.23. The summed E-state index contributed by atoms with van der Waals surface area (Å²) in [6.45, 7) is 0.513. The molecule has 5 nitrogen and oxygen atoms in total. The van der Waals surface area contributed by atoms with Crippen molar-refractivity contribution in [3.63, 3.8) is 0 Å². The Morgan fingerprint density at radius 3 is 2.30 bits per heavy atom. The Labute approximate surface area is 143 Å². The molecule has 0 radical (unpaired) electrons. The van der Waals surface area contributed by atoms with E-state index >= 15 is 0 Å². The Bertz CT molecular complexity index is 716. The van der Waals surface area contributed by atoms with Crippen LogP contribution in [0.15, 0.2) is 53.0 Å². The Morgan fingerprint density at radius 1 is 1.13 bits per heavy atom. The van der Waals surface area contributed by atoms with E-state index in [1.165, 1.54) is 0 Å². The summed E-state index contributed by atoms with van der Waals surface area (Å²) in [5.74, 6) is -0.881. The van der Waals surface area contributed by atoms with Gasteiger partial charge in [0, 0.05) is 16.6 Å². The lowest BCUT2D eigenvalue weighted by Crippen LogP contribution is -2.35. The second-order valence-electron chi connectivity index (χ2n) is 5.34. The van der Waals surface area contributed by atoms with Gasteiger partial charge in [-0.15, -0.1) is 0 Å². The Morgan fingerprint density at radius 2 is 1.78 bits per heavy atom. The van der Waals surface area contributed by atoms with Crippen molar-refractivity contribution in [2.45, 2.75) is 12.6 Å². The molecule has 4 N–H and O–H groups in total. The second kappa shape index (κ2) is 7.39. The summed E-state index contributed by atoms with van der Waals surface area (Å²) in [6, 6.07) is 13.9. The highest BCUT2D eigenvalue weighted by atomic mass is 79.9. The number of rotatable bonds is 6. The molecule has 0 saturated carbocycles. The molecule has 0 heterocycles. The Hall–Kier alpha value is -2.18. The molecule has 2 aromatic carbocycles. The number of benzene rings is 2. The predicted octanol–water partition coefficient (Wildman–Crippen LogP) is 2.21. The van der Waals surface area contributed by atoms with Crippen molar-refractivity contribution in [1.29, 1.82) is 0 Å². The van der Waals surface area contributed by atoms with Crippen LogP contribution in [-0.2, 0) is 11.3 Å². The molecule has 0 bridgehead atoms. The standard InChI is InChI=1S/C17H18BrN3O2/c1-21(10-11-5-7-12(8-6-11)16(19)22)15(17(20)23)13-3-2-4-14(18)9-13/h2-9,15H,10H2,1H3,(H2,19,22)(H2,20,23). The van der Waals surface area contributed by atoms with Crippen LogP contribution in [0.5, 0.6) is 0 Å². The van der Waals surface area contributed by atoms with Gasteiger partial charge in [-0.2, -0.15) is 0 Å². The van der Waals surface area contributed by atoms with Crippen LogP contribution in [0.25, 0.3) is 0 Å². The summed E-state index contributed by atoms with van der Waals surface area (Å²) in [6.07, 6.45) is 0. The molecule has 2 aromatic rings. The Balaban J connectivity index is 2.20. The van der Waals surface area contributed by atoms with Crippen LogP contribution in [0.1, 0.15) is 27.5 Å². The summed E-state index contributed by atoms with van der Waals surface area (Å²) in [5.41, 5.74) is 13.0. The van der Waals surface area contributed by atoms with Crippen molar-refractivity contribution in [2.75, 3.05) is 7.05 Å². The largest absolute Gasteiger partial charge is 0.368 e. The van der Waals surface area contributed by atoms with Gasteiger partial charge in [-0.1, -0.05) is 40.2 Å². The molecule has 0 saturated heterocycles. The number of nitrogens with two attached hydrogens (primary N) is 2. The number of likely N-dealkylation sites (N-methyl/N-ethyl adjacent to an activating group) is 1. The number of carbonyl (C=O) groups is 2. The van der Waals surface area contributed by atoms with Gasteiger partial charge in [0.05, 0.1) is 0 Å². The molecule has 23 heavy (non-hydrogen) atoms. The fourth-order valence-electron chi connectivity index (χ4n) is 2.47. The third-order valence-corrected chi connectivity index (χ3v) is 4.04. The third-order valence-electron chi connectivity index (χ3n) is 3.55. The number of carbonyl (C=O) groups excluding carboxylic acids is 2. The first-order valence-electron chi connectivity index (χ1n) is 7.02. The fraction of sp³-hybridized carbons (Fsp3) is 0.176. The van der Waals surface area contributed by atoms with Crippen LogP contribution in [-0.4, -0.2) is 23.8 Å². The monoisotopic (exact) mass is 375 g/mol. The van der Waals surface area contributed by atoms with Crippen molar-refractivity contribution in [3.8, 4) is 0 Å². The number of amides is 2. The van der Waals surface area contributed by atoms with E-state index in [2.05, 4.69) is 15.9 Å². The van der Waals surface area contributed by atoms with E-state index in [9.17, 15) is 9.59 Å². The quantitative estimate of drug-likeness (QED) is 0.810. The third kappa shape index (κ3) is 4.40. The maximum Gasteiger partial charge on any atom is 0.248 e. The van der Waals surface area contributed by atoms with E-state index in [1.807, 2.05) is 48.3 Å². The van der Waals surface area contributed by atoms with E-state index in [-0.39, 0.29) is 0 Å². The first-order valence-corrected chi connectivity index (χ1v) is 7.81. The number of nitrogens with zero attached hydrogens (tertiary/aromatic N) is 1. The van der Waals surface area contributed by atoms with Crippen LogP contribution in [0.3, 0.4) is 0 Å². The molecule has 0 fully saturated rings. The second-order valence-corrected chi connectivity index (χ2v) is 6.25. The zero-order chi connectivity index (χ0) is 17.0. The van der Waals surface area contributed by atoms with E-state index in [1.54, 1.807) is 12.1 Å². The first-order chi connectivity index (χ1) is 10.9. The molecule has 2 amide bonds. The van der Waals surface area contributed by atoms with Crippen LogP contribution in [0.4, 0.5) is 0 Å². The molecule has 0 aliphatic heterocycles. The molecule has 0 aromatic heterocycles. The summed E-state index contributed by atoms with van der Waals surface area (Å²) in [7, 11) is 1.83. The van der Waals surface area contributed by atoms with Crippen molar-refractivity contribution in [2.24, 2.45) is 11.5 Å². The normalized spacial score (nSPS) is 12.1. The molecule has 2 rings (SSSR count). The van der Waals surface area contributed by atoms with Gasteiger partial charge in [-0.05, 0) is 42.4 Å². The molecule has 120 valence electrons. The van der Waals surface area contributed by atoms with Crippen molar-refractivity contribution >= 4 is 27.7 Å². The molecule has 6 heteroatoms. The zero-order valence-electron chi connectivity index (χ0n) is 12.7. The van der Waals surface area contributed by atoms with Crippen molar-refractivity contribution in [3.05, 3.63) is 69.7 Å². The minimum Gasteiger partial charge on any atom is -0.368 e. The Kier molecular flexibility index (Phi) is 5.52. The van der Waals surface area contributed by atoms with E-state index < -0.39 is 17.9 Å². The highest BCUT2D eigenvalue weighted by molar-refractivity contribution is 9.10. The van der Waals surface area contributed by atoms with Crippen molar-refractivity contribution in [1.82, 2.24) is 4.90 Å². The van der Waals surface area contributed by atoms with Gasteiger partial charge in [-0.25, -0.2) is 0 Å². The first kappa shape index (κ1) is 17.2. The van der Waals surface area contributed by atoms with E-state index in [0.717, 1.165) is 15.6 Å². The average molecular weight is 376 g/mol. The highest BCUT2D eigenvalue weighted by Crippen LogP contribution is 2.24. The fourth-order valence-corrected chi connectivity index (χ4v) is 2.88. The summed E-state index contributed by atoms with van der Waals surface area (Å²) < 4.78 is 0.889. The van der Waals surface area contributed by atoms with Crippen LogP contribution >= 0.6 is 15.9 Å².